The van der Waals surface area contributed by atoms with Crippen LogP contribution in [-0.2, 0) is 24.1 Å². The van der Waals surface area contributed by atoms with Crippen LogP contribution in [0, 0.1) is 0 Å². The van der Waals surface area contributed by atoms with Crippen molar-refractivity contribution >= 4 is 5.91 Å². The lowest BCUT2D eigenvalue weighted by Gasteiger charge is -2.30. The third-order valence-electron chi connectivity index (χ3n) is 2.97. The quantitative estimate of drug-likeness (QED) is 0.873. The van der Waals surface area contributed by atoms with Crippen molar-refractivity contribution < 1.29 is 18.0 Å². The van der Waals surface area contributed by atoms with Crippen molar-refractivity contribution in [1.82, 2.24) is 19.7 Å². The fourth-order valence-corrected chi connectivity index (χ4v) is 2.08. The summed E-state index contributed by atoms with van der Waals surface area (Å²) >= 11 is 0. The van der Waals surface area contributed by atoms with Gasteiger partial charge in [-0.2, -0.15) is 13.2 Å². The van der Waals surface area contributed by atoms with Crippen molar-refractivity contribution in [3.63, 3.8) is 0 Å². The standard InChI is InChI=1S/C11H16F3N5O/c1-10(2,15)5-8(20)18-3-4-19-7(6-18)16-17-9(19)11(12,13)14/h3-6,15H2,1-2H3. The molecule has 0 saturated heterocycles. The average Bonchev–Trinajstić information content (AvgIpc) is 2.68. The zero-order chi connectivity index (χ0) is 15.1. The van der Waals surface area contributed by atoms with E-state index in [0.717, 1.165) is 4.57 Å². The van der Waals surface area contributed by atoms with Gasteiger partial charge in [0.05, 0.1) is 6.54 Å². The van der Waals surface area contributed by atoms with Gasteiger partial charge in [-0.1, -0.05) is 0 Å². The number of amides is 1. The minimum absolute atomic E-state index is 0.0258. The lowest BCUT2D eigenvalue weighted by Crippen LogP contribution is -2.44. The fraction of sp³-hybridized carbons (Fsp3) is 0.727. The molecule has 2 N–H and O–H groups in total. The maximum absolute atomic E-state index is 12.7. The molecule has 0 bridgehead atoms. The Morgan fingerprint density at radius 3 is 2.50 bits per heavy atom. The number of aromatic nitrogens is 3. The van der Waals surface area contributed by atoms with E-state index in [4.69, 9.17) is 5.73 Å². The Kier molecular flexibility index (Phi) is 3.49. The highest BCUT2D eigenvalue weighted by molar-refractivity contribution is 5.77. The number of nitrogens with zero attached hydrogens (tertiary/aromatic N) is 4. The first kappa shape index (κ1) is 14.8. The summed E-state index contributed by atoms with van der Waals surface area (Å²) in [5.41, 5.74) is 5.12. The van der Waals surface area contributed by atoms with Crippen LogP contribution in [0.1, 0.15) is 31.9 Å². The highest BCUT2D eigenvalue weighted by atomic mass is 19.4. The summed E-state index contributed by atoms with van der Waals surface area (Å²) in [6.45, 7) is 3.70. The molecule has 20 heavy (non-hydrogen) atoms. The summed E-state index contributed by atoms with van der Waals surface area (Å²) < 4.78 is 39.0. The maximum Gasteiger partial charge on any atom is 0.451 e. The van der Waals surface area contributed by atoms with Crippen molar-refractivity contribution in [1.29, 1.82) is 0 Å². The van der Waals surface area contributed by atoms with Crippen LogP contribution >= 0.6 is 0 Å². The first-order chi connectivity index (χ1) is 9.08. The van der Waals surface area contributed by atoms with Crippen LogP contribution in [0.3, 0.4) is 0 Å². The SMILES string of the molecule is CC(C)(N)CC(=O)N1CCn2c(nnc2C(F)(F)F)C1. The zero-order valence-electron chi connectivity index (χ0n) is 11.2. The second kappa shape index (κ2) is 4.72. The molecule has 112 valence electrons. The van der Waals surface area contributed by atoms with Gasteiger partial charge in [0, 0.05) is 25.0 Å². The normalized spacial score (nSPS) is 16.2. The number of alkyl halides is 3. The molecule has 0 saturated carbocycles. The number of halogens is 3. The van der Waals surface area contributed by atoms with Crippen LogP contribution in [0.25, 0.3) is 0 Å². The van der Waals surface area contributed by atoms with E-state index in [-0.39, 0.29) is 37.8 Å². The number of fused-ring (bicyclic) bond motifs is 1. The lowest BCUT2D eigenvalue weighted by atomic mass is 10.0. The molecule has 0 atom stereocenters. The molecule has 0 aliphatic carbocycles. The monoisotopic (exact) mass is 291 g/mol. The lowest BCUT2D eigenvalue weighted by molar-refractivity contribution is -0.148. The van der Waals surface area contributed by atoms with Crippen LogP contribution < -0.4 is 5.73 Å². The van der Waals surface area contributed by atoms with Gasteiger partial charge in [-0.15, -0.1) is 10.2 Å². The summed E-state index contributed by atoms with van der Waals surface area (Å²) in [6.07, 6.45) is -4.40. The first-order valence-electron chi connectivity index (χ1n) is 6.14. The Morgan fingerprint density at radius 2 is 1.95 bits per heavy atom. The van der Waals surface area contributed by atoms with Gasteiger partial charge in [0.15, 0.2) is 5.82 Å². The number of hydrogen-bond donors (Lipinski definition) is 1. The van der Waals surface area contributed by atoms with Crippen LogP contribution in [0.4, 0.5) is 13.2 Å². The Balaban J connectivity index is 2.13. The van der Waals surface area contributed by atoms with E-state index in [0.29, 0.717) is 0 Å². The van der Waals surface area contributed by atoms with Gasteiger partial charge < -0.3 is 15.2 Å². The molecule has 0 aromatic carbocycles. The predicted molar refractivity (Wildman–Crippen MR) is 63.3 cm³/mol. The van der Waals surface area contributed by atoms with Crippen LogP contribution in [0.15, 0.2) is 0 Å². The summed E-state index contributed by atoms with van der Waals surface area (Å²) in [5.74, 6) is -1.06. The number of carbonyl (C=O) groups is 1. The van der Waals surface area contributed by atoms with Crippen LogP contribution in [-0.4, -0.2) is 37.7 Å². The number of rotatable bonds is 2. The van der Waals surface area contributed by atoms with Crippen molar-refractivity contribution in [2.24, 2.45) is 5.73 Å². The van der Waals surface area contributed by atoms with Crippen molar-refractivity contribution in [3.05, 3.63) is 11.6 Å². The zero-order valence-corrected chi connectivity index (χ0v) is 11.2. The molecule has 1 aliphatic heterocycles. The molecular formula is C11H16F3N5O. The summed E-state index contributed by atoms with van der Waals surface area (Å²) in [4.78, 5) is 13.5. The van der Waals surface area contributed by atoms with Gasteiger partial charge in [0.25, 0.3) is 0 Å². The van der Waals surface area contributed by atoms with E-state index in [1.807, 2.05) is 0 Å². The summed E-state index contributed by atoms with van der Waals surface area (Å²) in [7, 11) is 0. The highest BCUT2D eigenvalue weighted by Gasteiger charge is 2.40. The first-order valence-corrected chi connectivity index (χ1v) is 6.14. The molecule has 9 heteroatoms. The minimum atomic E-state index is -4.53. The number of carbonyl (C=O) groups excluding carboxylic acids is 1. The Morgan fingerprint density at radius 1 is 1.30 bits per heavy atom. The van der Waals surface area contributed by atoms with Gasteiger partial charge in [-0.3, -0.25) is 4.79 Å². The average molecular weight is 291 g/mol. The third kappa shape index (κ3) is 3.09. The van der Waals surface area contributed by atoms with Gasteiger partial charge in [-0.05, 0) is 13.8 Å². The van der Waals surface area contributed by atoms with E-state index >= 15 is 0 Å². The molecule has 1 amide bonds. The molecule has 0 radical (unpaired) electrons. The molecule has 6 nitrogen and oxygen atoms in total. The molecule has 0 unspecified atom stereocenters. The molecule has 2 heterocycles. The van der Waals surface area contributed by atoms with Crippen LogP contribution in [0.2, 0.25) is 0 Å². The second-order valence-corrected chi connectivity index (χ2v) is 5.57. The van der Waals surface area contributed by atoms with Gasteiger partial charge in [0.2, 0.25) is 11.7 Å². The smallest absolute Gasteiger partial charge is 0.333 e. The van der Waals surface area contributed by atoms with Crippen molar-refractivity contribution in [2.75, 3.05) is 6.54 Å². The van der Waals surface area contributed by atoms with E-state index in [9.17, 15) is 18.0 Å². The van der Waals surface area contributed by atoms with Gasteiger partial charge in [0.1, 0.15) is 0 Å². The molecule has 1 aromatic heterocycles. The van der Waals surface area contributed by atoms with E-state index < -0.39 is 17.5 Å². The van der Waals surface area contributed by atoms with E-state index in [2.05, 4.69) is 10.2 Å². The van der Waals surface area contributed by atoms with Crippen molar-refractivity contribution in [3.8, 4) is 0 Å². The van der Waals surface area contributed by atoms with Gasteiger partial charge in [-0.25, -0.2) is 0 Å². The molecule has 2 rings (SSSR count). The number of hydrogen-bond acceptors (Lipinski definition) is 4. The molecule has 1 aliphatic rings. The number of nitrogens with two attached hydrogens (primary N) is 1. The third-order valence-corrected chi connectivity index (χ3v) is 2.97. The van der Waals surface area contributed by atoms with Crippen LogP contribution in [0.5, 0.6) is 0 Å². The van der Waals surface area contributed by atoms with E-state index in [1.54, 1.807) is 13.8 Å². The fourth-order valence-electron chi connectivity index (χ4n) is 2.08. The molecular weight excluding hydrogens is 275 g/mol. The summed E-state index contributed by atoms with van der Waals surface area (Å²) in [6, 6.07) is 0. The Hall–Kier alpha value is -1.64. The molecule has 0 spiro atoms. The second-order valence-electron chi connectivity index (χ2n) is 5.57. The summed E-state index contributed by atoms with van der Waals surface area (Å²) in [5, 5.41) is 6.68. The van der Waals surface area contributed by atoms with E-state index in [1.165, 1.54) is 4.90 Å². The Labute approximate surface area is 113 Å². The minimum Gasteiger partial charge on any atom is -0.333 e. The highest BCUT2D eigenvalue weighted by Crippen LogP contribution is 2.29. The molecule has 1 aromatic rings. The largest absolute Gasteiger partial charge is 0.451 e. The van der Waals surface area contributed by atoms with Crippen molar-refractivity contribution in [2.45, 2.75) is 45.1 Å². The topological polar surface area (TPSA) is 77.0 Å². The Bertz CT molecular complexity index is 517. The molecule has 0 fully saturated rings. The predicted octanol–water partition coefficient (Wildman–Crippen LogP) is 0.766. The van der Waals surface area contributed by atoms with Gasteiger partial charge >= 0.3 is 6.18 Å². The maximum atomic E-state index is 12.7.